The Balaban J connectivity index is 1.41. The van der Waals surface area contributed by atoms with Gasteiger partial charge in [-0.15, -0.1) is 16.4 Å². The smallest absolute Gasteiger partial charge is 0.341 e. The SMILES string of the molecule is CC1CCc2c(sc(NC(=O)COC(=O)c3ccc(-n4cnnn4)cc3)c2C(=O)OC(C)C)C1. The second kappa shape index (κ2) is 10.1. The number of anilines is 1. The van der Waals surface area contributed by atoms with Crippen LogP contribution in [0.5, 0.6) is 0 Å². The number of nitrogens with zero attached hydrogens (tertiary/aromatic N) is 4. The molecule has 4 rings (SSSR count). The number of hydrogen-bond donors (Lipinski definition) is 1. The van der Waals surface area contributed by atoms with Crippen molar-refractivity contribution in [1.29, 1.82) is 0 Å². The van der Waals surface area contributed by atoms with Crippen LogP contribution < -0.4 is 5.32 Å². The lowest BCUT2D eigenvalue weighted by atomic mass is 9.88. The van der Waals surface area contributed by atoms with E-state index in [-0.39, 0.29) is 11.7 Å². The molecule has 0 bridgehead atoms. The van der Waals surface area contributed by atoms with Gasteiger partial charge in [-0.2, -0.15) is 0 Å². The highest BCUT2D eigenvalue weighted by Gasteiger charge is 2.29. The van der Waals surface area contributed by atoms with Crippen molar-refractivity contribution < 1.29 is 23.9 Å². The Morgan fingerprint density at radius 1 is 1.21 bits per heavy atom. The van der Waals surface area contributed by atoms with Crippen LogP contribution in [0.2, 0.25) is 0 Å². The molecule has 1 unspecified atom stereocenters. The van der Waals surface area contributed by atoms with Gasteiger partial charge in [-0.3, -0.25) is 4.79 Å². The van der Waals surface area contributed by atoms with Crippen molar-refractivity contribution in [3.8, 4) is 5.69 Å². The fourth-order valence-corrected chi connectivity index (χ4v) is 5.15. The van der Waals surface area contributed by atoms with Crippen LogP contribution in [0, 0.1) is 5.92 Å². The molecule has 34 heavy (non-hydrogen) atoms. The Kier molecular flexibility index (Phi) is 7.01. The highest BCUT2D eigenvalue weighted by Crippen LogP contribution is 2.40. The van der Waals surface area contributed by atoms with E-state index in [1.807, 2.05) is 0 Å². The number of esters is 2. The molecule has 11 heteroatoms. The largest absolute Gasteiger partial charge is 0.459 e. The normalized spacial score (nSPS) is 15.0. The third-order valence-electron chi connectivity index (χ3n) is 5.36. The molecular weight excluding hydrogens is 458 g/mol. The first kappa shape index (κ1) is 23.6. The summed E-state index contributed by atoms with van der Waals surface area (Å²) in [5.74, 6) is -1.10. The molecule has 0 saturated carbocycles. The van der Waals surface area contributed by atoms with Crippen molar-refractivity contribution in [3.63, 3.8) is 0 Å². The second-order valence-electron chi connectivity index (χ2n) is 8.44. The van der Waals surface area contributed by atoms with Crippen molar-refractivity contribution in [2.45, 2.75) is 46.1 Å². The van der Waals surface area contributed by atoms with E-state index in [0.29, 0.717) is 22.2 Å². The van der Waals surface area contributed by atoms with Crippen molar-refractivity contribution in [3.05, 3.63) is 52.2 Å². The summed E-state index contributed by atoms with van der Waals surface area (Å²) >= 11 is 1.39. The fraction of sp³-hybridized carbons (Fsp3) is 0.391. The Morgan fingerprint density at radius 3 is 2.65 bits per heavy atom. The molecule has 0 aliphatic heterocycles. The summed E-state index contributed by atoms with van der Waals surface area (Å²) < 4.78 is 12.0. The number of thiophene rings is 1. The average molecular weight is 484 g/mol. The molecule has 0 fully saturated rings. The zero-order valence-electron chi connectivity index (χ0n) is 19.1. The Hall–Kier alpha value is -3.60. The molecule has 3 aromatic rings. The predicted octanol–water partition coefficient (Wildman–Crippen LogP) is 3.21. The Labute approximate surface area is 200 Å². The molecular formula is C23H25N5O5S. The van der Waals surface area contributed by atoms with E-state index < -0.39 is 24.5 Å². The third kappa shape index (κ3) is 5.30. The van der Waals surface area contributed by atoms with Crippen LogP contribution in [0.1, 0.15) is 58.3 Å². The van der Waals surface area contributed by atoms with E-state index in [0.717, 1.165) is 29.7 Å². The number of carbonyl (C=O) groups excluding carboxylic acids is 3. The molecule has 2 aromatic heterocycles. The lowest BCUT2D eigenvalue weighted by molar-refractivity contribution is -0.119. The Bertz CT molecular complexity index is 1190. The van der Waals surface area contributed by atoms with E-state index in [9.17, 15) is 14.4 Å². The molecule has 1 N–H and O–H groups in total. The van der Waals surface area contributed by atoms with Gasteiger partial charge >= 0.3 is 11.9 Å². The first-order chi connectivity index (χ1) is 16.3. The van der Waals surface area contributed by atoms with Gasteiger partial charge in [0.2, 0.25) is 0 Å². The number of ether oxygens (including phenoxy) is 2. The number of benzene rings is 1. The van der Waals surface area contributed by atoms with Gasteiger partial charge in [-0.1, -0.05) is 6.92 Å². The fourth-order valence-electron chi connectivity index (χ4n) is 3.73. The van der Waals surface area contributed by atoms with Crippen LogP contribution in [0.4, 0.5) is 5.00 Å². The predicted molar refractivity (Wildman–Crippen MR) is 124 cm³/mol. The average Bonchev–Trinajstić information content (AvgIpc) is 3.45. The first-order valence-corrected chi connectivity index (χ1v) is 11.8. The van der Waals surface area contributed by atoms with Crippen LogP contribution in [0.3, 0.4) is 0 Å². The van der Waals surface area contributed by atoms with Gasteiger partial charge in [0.05, 0.1) is 22.9 Å². The van der Waals surface area contributed by atoms with E-state index in [2.05, 4.69) is 27.8 Å². The molecule has 1 amide bonds. The van der Waals surface area contributed by atoms with Crippen LogP contribution in [-0.4, -0.2) is 50.8 Å². The number of nitrogens with one attached hydrogen (secondary N) is 1. The Morgan fingerprint density at radius 2 is 1.97 bits per heavy atom. The van der Waals surface area contributed by atoms with E-state index in [4.69, 9.17) is 9.47 Å². The number of tetrazole rings is 1. The van der Waals surface area contributed by atoms with Crippen molar-refractivity contribution in [1.82, 2.24) is 20.2 Å². The van der Waals surface area contributed by atoms with Crippen LogP contribution in [0.25, 0.3) is 5.69 Å². The molecule has 1 aromatic carbocycles. The molecule has 2 heterocycles. The quantitative estimate of drug-likeness (QED) is 0.508. The monoisotopic (exact) mass is 483 g/mol. The van der Waals surface area contributed by atoms with Crippen molar-refractivity contribution in [2.75, 3.05) is 11.9 Å². The molecule has 10 nitrogen and oxygen atoms in total. The van der Waals surface area contributed by atoms with Gasteiger partial charge in [0.1, 0.15) is 11.3 Å². The summed E-state index contributed by atoms with van der Waals surface area (Å²) in [6.45, 7) is 5.25. The van der Waals surface area contributed by atoms with Gasteiger partial charge in [-0.05, 0) is 79.3 Å². The molecule has 178 valence electrons. The summed E-state index contributed by atoms with van der Waals surface area (Å²) in [5, 5.41) is 14.1. The molecule has 1 atom stereocenters. The number of carbonyl (C=O) groups is 3. The zero-order chi connectivity index (χ0) is 24.2. The highest BCUT2D eigenvalue weighted by molar-refractivity contribution is 7.17. The maximum absolute atomic E-state index is 12.8. The van der Waals surface area contributed by atoms with Gasteiger partial charge in [0.15, 0.2) is 6.61 Å². The zero-order valence-corrected chi connectivity index (χ0v) is 19.9. The highest BCUT2D eigenvalue weighted by atomic mass is 32.1. The summed E-state index contributed by atoms with van der Waals surface area (Å²) in [6.07, 6.45) is 3.76. The van der Waals surface area contributed by atoms with Gasteiger partial charge in [0.25, 0.3) is 5.91 Å². The number of hydrogen-bond acceptors (Lipinski definition) is 9. The maximum Gasteiger partial charge on any atom is 0.341 e. The van der Waals surface area contributed by atoms with E-state index in [1.54, 1.807) is 38.1 Å². The third-order valence-corrected chi connectivity index (χ3v) is 6.53. The minimum atomic E-state index is -0.642. The van der Waals surface area contributed by atoms with E-state index in [1.165, 1.54) is 22.3 Å². The van der Waals surface area contributed by atoms with Crippen molar-refractivity contribution >= 4 is 34.2 Å². The summed E-state index contributed by atoms with van der Waals surface area (Å²) in [4.78, 5) is 38.8. The first-order valence-electron chi connectivity index (χ1n) is 11.0. The lowest BCUT2D eigenvalue weighted by Gasteiger charge is -2.18. The van der Waals surface area contributed by atoms with Gasteiger partial charge in [0, 0.05) is 4.88 Å². The van der Waals surface area contributed by atoms with Crippen molar-refractivity contribution in [2.24, 2.45) is 5.92 Å². The minimum Gasteiger partial charge on any atom is -0.459 e. The molecule has 0 radical (unpaired) electrons. The number of rotatable bonds is 7. The minimum absolute atomic E-state index is 0.276. The van der Waals surface area contributed by atoms with Gasteiger partial charge in [-0.25, -0.2) is 14.3 Å². The summed E-state index contributed by atoms with van der Waals surface area (Å²) in [6, 6.07) is 6.45. The maximum atomic E-state index is 12.8. The van der Waals surface area contributed by atoms with Crippen LogP contribution >= 0.6 is 11.3 Å². The van der Waals surface area contributed by atoms with Crippen LogP contribution in [-0.2, 0) is 27.1 Å². The summed E-state index contributed by atoms with van der Waals surface area (Å²) in [7, 11) is 0. The van der Waals surface area contributed by atoms with Gasteiger partial charge < -0.3 is 14.8 Å². The second-order valence-corrected chi connectivity index (χ2v) is 9.54. The molecule has 0 spiro atoms. The topological polar surface area (TPSA) is 125 Å². The number of amides is 1. The molecule has 1 aliphatic carbocycles. The standard InChI is InChI=1S/C23H25N5O5S/c1-13(2)33-23(31)20-17-9-4-14(3)10-18(17)34-21(20)25-19(29)11-32-22(30)15-5-7-16(8-6-15)28-12-24-26-27-28/h5-8,12-14H,4,9-11H2,1-3H3,(H,25,29). The van der Waals surface area contributed by atoms with Crippen LogP contribution in [0.15, 0.2) is 30.6 Å². The number of fused-ring (bicyclic) bond motifs is 1. The lowest BCUT2D eigenvalue weighted by Crippen LogP contribution is -2.22. The number of aromatic nitrogens is 4. The van der Waals surface area contributed by atoms with E-state index >= 15 is 0 Å². The molecule has 0 saturated heterocycles. The summed E-state index contributed by atoms with van der Waals surface area (Å²) in [5.41, 5.74) is 2.32. The molecule has 1 aliphatic rings.